The molecular weight excluding hydrogens is 244 g/mol. The van der Waals surface area contributed by atoms with Gasteiger partial charge in [-0.05, 0) is 22.9 Å². The van der Waals surface area contributed by atoms with E-state index in [0.29, 0.717) is 6.54 Å². The Balaban J connectivity index is 2.73. The molecule has 3 N–H and O–H groups in total. The zero-order chi connectivity index (χ0) is 10.6. The van der Waals surface area contributed by atoms with Gasteiger partial charge in [-0.15, -0.1) is 0 Å². The zero-order valence-corrected chi connectivity index (χ0v) is 10.0. The molecule has 78 valence electrons. The van der Waals surface area contributed by atoms with Crippen molar-refractivity contribution in [3.63, 3.8) is 0 Å². The van der Waals surface area contributed by atoms with E-state index in [9.17, 15) is 0 Å². The maximum absolute atomic E-state index is 5.64. The van der Waals surface area contributed by atoms with Crippen LogP contribution in [0.4, 0.5) is 5.82 Å². The number of anilines is 1. The van der Waals surface area contributed by atoms with E-state index < -0.39 is 0 Å². The van der Waals surface area contributed by atoms with Crippen molar-refractivity contribution in [1.82, 2.24) is 9.97 Å². The van der Waals surface area contributed by atoms with Crippen molar-refractivity contribution in [1.29, 1.82) is 0 Å². The van der Waals surface area contributed by atoms with E-state index in [4.69, 9.17) is 5.73 Å². The second-order valence-corrected chi connectivity index (χ2v) is 4.05. The van der Waals surface area contributed by atoms with Crippen LogP contribution in [0.15, 0.2) is 10.7 Å². The number of aromatic nitrogens is 2. The first-order chi connectivity index (χ1) is 6.63. The largest absolute Gasteiger partial charge is 0.367 e. The Hall–Kier alpha value is -0.680. The molecule has 14 heavy (non-hydrogen) atoms. The van der Waals surface area contributed by atoms with Gasteiger partial charge in [0.05, 0.1) is 4.47 Å². The number of nitrogens with two attached hydrogens (primary N) is 1. The lowest BCUT2D eigenvalue weighted by molar-refractivity contribution is 0.774. The molecule has 0 saturated carbocycles. The normalized spacial score (nSPS) is 12.6. The summed E-state index contributed by atoms with van der Waals surface area (Å²) in [6, 6.07) is 0.113. The number of rotatable bonds is 4. The summed E-state index contributed by atoms with van der Waals surface area (Å²) < 4.78 is 0.871. The molecular formula is C9H15BrN4. The van der Waals surface area contributed by atoms with E-state index in [1.165, 1.54) is 0 Å². The van der Waals surface area contributed by atoms with Crippen LogP contribution in [0.3, 0.4) is 0 Å². The Bertz CT molecular complexity index is 301. The van der Waals surface area contributed by atoms with Gasteiger partial charge < -0.3 is 11.1 Å². The highest BCUT2D eigenvalue weighted by molar-refractivity contribution is 9.10. The first kappa shape index (κ1) is 11.4. The number of hydrogen-bond acceptors (Lipinski definition) is 4. The Morgan fingerprint density at radius 3 is 2.93 bits per heavy atom. The van der Waals surface area contributed by atoms with Gasteiger partial charge in [0.15, 0.2) is 0 Å². The molecule has 0 fully saturated rings. The van der Waals surface area contributed by atoms with Gasteiger partial charge in [-0.2, -0.15) is 0 Å². The van der Waals surface area contributed by atoms with Crippen LogP contribution in [0, 0.1) is 0 Å². The van der Waals surface area contributed by atoms with Gasteiger partial charge in [0.25, 0.3) is 0 Å². The number of nitrogens with one attached hydrogen (secondary N) is 1. The second-order valence-electron chi connectivity index (χ2n) is 3.19. The van der Waals surface area contributed by atoms with Gasteiger partial charge in [-0.1, -0.05) is 6.92 Å². The van der Waals surface area contributed by atoms with Gasteiger partial charge in [-0.25, -0.2) is 9.97 Å². The van der Waals surface area contributed by atoms with Crippen LogP contribution in [0.2, 0.25) is 0 Å². The van der Waals surface area contributed by atoms with Gasteiger partial charge in [-0.3, -0.25) is 0 Å². The lowest BCUT2D eigenvalue weighted by Gasteiger charge is -2.10. The molecule has 0 bridgehead atoms. The highest BCUT2D eigenvalue weighted by Crippen LogP contribution is 2.18. The van der Waals surface area contributed by atoms with Crippen molar-refractivity contribution in [2.24, 2.45) is 5.73 Å². The molecule has 0 saturated heterocycles. The molecule has 0 spiro atoms. The fraction of sp³-hybridized carbons (Fsp3) is 0.556. The minimum absolute atomic E-state index is 0.113. The minimum Gasteiger partial charge on any atom is -0.367 e. The highest BCUT2D eigenvalue weighted by Gasteiger charge is 2.03. The molecule has 0 amide bonds. The Morgan fingerprint density at radius 2 is 2.36 bits per heavy atom. The van der Waals surface area contributed by atoms with Crippen molar-refractivity contribution in [3.8, 4) is 0 Å². The Morgan fingerprint density at radius 1 is 1.64 bits per heavy atom. The second kappa shape index (κ2) is 5.26. The first-order valence-electron chi connectivity index (χ1n) is 4.64. The molecule has 1 heterocycles. The Labute approximate surface area is 92.5 Å². The van der Waals surface area contributed by atoms with Crippen LogP contribution in [0.25, 0.3) is 0 Å². The first-order valence-corrected chi connectivity index (χ1v) is 5.43. The van der Waals surface area contributed by atoms with Crippen LogP contribution in [-0.2, 0) is 6.42 Å². The fourth-order valence-corrected chi connectivity index (χ4v) is 1.29. The average molecular weight is 259 g/mol. The summed E-state index contributed by atoms with van der Waals surface area (Å²) in [5.74, 6) is 1.65. The molecule has 0 radical (unpaired) electrons. The summed E-state index contributed by atoms with van der Waals surface area (Å²) in [6.45, 7) is 4.68. The van der Waals surface area contributed by atoms with Crippen LogP contribution in [-0.4, -0.2) is 22.6 Å². The van der Waals surface area contributed by atoms with Crippen LogP contribution in [0.1, 0.15) is 19.7 Å². The van der Waals surface area contributed by atoms with E-state index in [-0.39, 0.29) is 6.04 Å². The zero-order valence-electron chi connectivity index (χ0n) is 8.42. The van der Waals surface area contributed by atoms with Crippen molar-refractivity contribution in [2.75, 3.05) is 11.9 Å². The third kappa shape index (κ3) is 3.23. The molecule has 1 aromatic heterocycles. The van der Waals surface area contributed by atoms with E-state index in [1.54, 1.807) is 6.20 Å². The van der Waals surface area contributed by atoms with Gasteiger partial charge in [0.1, 0.15) is 11.6 Å². The van der Waals surface area contributed by atoms with Crippen LogP contribution < -0.4 is 11.1 Å². The fourth-order valence-electron chi connectivity index (χ4n) is 0.956. The summed E-state index contributed by atoms with van der Waals surface area (Å²) in [6.07, 6.45) is 2.59. The molecule has 0 aliphatic rings. The highest BCUT2D eigenvalue weighted by atomic mass is 79.9. The van der Waals surface area contributed by atoms with Gasteiger partial charge in [0, 0.05) is 25.2 Å². The monoisotopic (exact) mass is 258 g/mol. The molecule has 1 aromatic rings. The van der Waals surface area contributed by atoms with Gasteiger partial charge in [0.2, 0.25) is 0 Å². The molecule has 1 unspecified atom stereocenters. The summed E-state index contributed by atoms with van der Waals surface area (Å²) in [5, 5.41) is 3.16. The topological polar surface area (TPSA) is 63.8 Å². The number of halogens is 1. The number of aryl methyl sites for hydroxylation is 1. The third-order valence-electron chi connectivity index (χ3n) is 1.70. The SMILES string of the molecule is CCc1ncc(Br)c(NCC(C)N)n1. The molecule has 1 rings (SSSR count). The van der Waals surface area contributed by atoms with Crippen LogP contribution in [0.5, 0.6) is 0 Å². The maximum Gasteiger partial charge on any atom is 0.144 e. The predicted molar refractivity (Wildman–Crippen MR) is 61.2 cm³/mol. The predicted octanol–water partition coefficient (Wildman–Crippen LogP) is 1.56. The van der Waals surface area contributed by atoms with E-state index in [0.717, 1.165) is 22.5 Å². The molecule has 5 heteroatoms. The van der Waals surface area contributed by atoms with Gasteiger partial charge >= 0.3 is 0 Å². The summed E-state index contributed by atoms with van der Waals surface area (Å²) >= 11 is 3.38. The molecule has 4 nitrogen and oxygen atoms in total. The average Bonchev–Trinajstić information content (AvgIpc) is 2.16. The standard InChI is InChI=1S/C9H15BrN4/c1-3-8-12-5-7(10)9(14-8)13-4-6(2)11/h5-6H,3-4,11H2,1-2H3,(H,12,13,14). The smallest absolute Gasteiger partial charge is 0.144 e. The van der Waals surface area contributed by atoms with E-state index in [2.05, 4.69) is 31.2 Å². The van der Waals surface area contributed by atoms with Crippen molar-refractivity contribution < 1.29 is 0 Å². The van der Waals surface area contributed by atoms with Crippen molar-refractivity contribution >= 4 is 21.7 Å². The summed E-state index contributed by atoms with van der Waals surface area (Å²) in [7, 11) is 0. The molecule has 1 atom stereocenters. The Kier molecular flexibility index (Phi) is 4.28. The minimum atomic E-state index is 0.113. The quantitative estimate of drug-likeness (QED) is 0.861. The molecule has 0 aliphatic carbocycles. The lowest BCUT2D eigenvalue weighted by Crippen LogP contribution is -2.25. The van der Waals surface area contributed by atoms with E-state index in [1.807, 2.05) is 13.8 Å². The maximum atomic E-state index is 5.64. The lowest BCUT2D eigenvalue weighted by atomic mass is 10.3. The summed E-state index contributed by atoms with van der Waals surface area (Å²) in [5.41, 5.74) is 5.64. The number of nitrogens with zero attached hydrogens (tertiary/aromatic N) is 2. The van der Waals surface area contributed by atoms with E-state index >= 15 is 0 Å². The molecule has 0 aliphatic heterocycles. The molecule has 0 aromatic carbocycles. The number of hydrogen-bond donors (Lipinski definition) is 2. The van der Waals surface area contributed by atoms with Crippen molar-refractivity contribution in [3.05, 3.63) is 16.5 Å². The third-order valence-corrected chi connectivity index (χ3v) is 2.28. The van der Waals surface area contributed by atoms with Crippen molar-refractivity contribution in [2.45, 2.75) is 26.3 Å². The van der Waals surface area contributed by atoms with Crippen LogP contribution >= 0.6 is 15.9 Å². The summed E-state index contributed by atoms with van der Waals surface area (Å²) in [4.78, 5) is 8.49.